The third kappa shape index (κ3) is 29.8. The molecule has 1 N–H and O–H groups in total. The number of hydrogen-bond donors (Lipinski definition) is 1. The number of allylic oxidation sites excluding steroid dienone is 15. The molecule has 0 spiro atoms. The maximum atomic E-state index is 12.0. The van der Waals surface area contributed by atoms with E-state index in [9.17, 15) is 14.7 Å². The van der Waals surface area contributed by atoms with Gasteiger partial charge in [-0.2, -0.15) is 0 Å². The van der Waals surface area contributed by atoms with Crippen molar-refractivity contribution in [2.45, 2.75) is 110 Å². The van der Waals surface area contributed by atoms with E-state index < -0.39 is 12.1 Å². The Kier molecular flexibility index (Phi) is 29.9. The molecule has 0 aliphatic carbocycles. The molecule has 0 aromatic heterocycles. The Morgan fingerprint density at radius 3 is 1.50 bits per heavy atom. The monoisotopic (exact) mass is 580 g/mol. The van der Waals surface area contributed by atoms with Gasteiger partial charge in [-0.15, -0.1) is 0 Å². The van der Waals surface area contributed by atoms with Gasteiger partial charge in [-0.25, -0.2) is 0 Å². The highest BCUT2D eigenvalue weighted by Gasteiger charge is 2.15. The maximum absolute atomic E-state index is 12.0. The summed E-state index contributed by atoms with van der Waals surface area (Å²) in [6.07, 6.45) is 44.8. The van der Waals surface area contributed by atoms with E-state index in [0.29, 0.717) is 6.42 Å². The first kappa shape index (κ1) is 38.8. The predicted molar refractivity (Wildman–Crippen MR) is 177 cm³/mol. The number of ether oxygens (including phenoxy) is 2. The molecule has 0 aliphatic heterocycles. The third-order valence-electron chi connectivity index (χ3n) is 5.91. The van der Waals surface area contributed by atoms with Crippen LogP contribution in [0.2, 0.25) is 0 Å². The van der Waals surface area contributed by atoms with E-state index in [2.05, 4.69) is 98.9 Å². The van der Waals surface area contributed by atoms with Gasteiger partial charge in [0.25, 0.3) is 0 Å². The van der Waals surface area contributed by atoms with Gasteiger partial charge in [0, 0.05) is 6.42 Å². The van der Waals surface area contributed by atoms with E-state index in [1.807, 2.05) is 6.08 Å². The van der Waals surface area contributed by atoms with Crippen LogP contribution in [0.1, 0.15) is 104 Å². The molecule has 0 bridgehead atoms. The van der Waals surface area contributed by atoms with E-state index in [-0.39, 0.29) is 25.6 Å². The Hall–Kier alpha value is -3.18. The lowest BCUT2D eigenvalue weighted by Crippen LogP contribution is -2.28. The number of esters is 2. The Bertz CT molecular complexity index is 886. The molecule has 0 rings (SSSR count). The first-order valence-corrected chi connectivity index (χ1v) is 15.8. The van der Waals surface area contributed by atoms with Gasteiger partial charge < -0.3 is 14.6 Å². The normalized spacial score (nSPS) is 13.5. The lowest BCUT2D eigenvalue weighted by atomic mass is 10.1. The van der Waals surface area contributed by atoms with Gasteiger partial charge in [-0.3, -0.25) is 9.59 Å². The zero-order valence-corrected chi connectivity index (χ0v) is 26.2. The summed E-state index contributed by atoms with van der Waals surface area (Å²) in [5.41, 5.74) is 0. The molecule has 1 atom stereocenters. The number of aliphatic hydroxyl groups is 1. The van der Waals surface area contributed by atoms with Crippen LogP contribution in [0.3, 0.4) is 0 Å². The molecule has 0 amide bonds. The van der Waals surface area contributed by atoms with Crippen LogP contribution in [0.15, 0.2) is 97.2 Å². The highest BCUT2D eigenvalue weighted by molar-refractivity contribution is 5.71. The molecule has 0 aliphatic rings. The lowest BCUT2D eigenvalue weighted by molar-refractivity contribution is -0.160. The second-order valence-electron chi connectivity index (χ2n) is 9.78. The van der Waals surface area contributed by atoms with Crippen LogP contribution < -0.4 is 0 Å². The smallest absolute Gasteiger partial charge is 0.310 e. The van der Waals surface area contributed by atoms with Crippen LogP contribution in [0.5, 0.6) is 0 Å². The van der Waals surface area contributed by atoms with Crippen molar-refractivity contribution in [2.24, 2.45) is 0 Å². The number of hydrogen-bond acceptors (Lipinski definition) is 5. The van der Waals surface area contributed by atoms with Crippen LogP contribution in [-0.4, -0.2) is 36.4 Å². The van der Waals surface area contributed by atoms with Gasteiger partial charge in [0.2, 0.25) is 0 Å². The molecule has 1 unspecified atom stereocenters. The number of unbranched alkanes of at least 4 members (excludes halogenated alkanes) is 3. The van der Waals surface area contributed by atoms with Crippen molar-refractivity contribution in [3.05, 3.63) is 97.2 Å². The molecule has 42 heavy (non-hydrogen) atoms. The Morgan fingerprint density at radius 1 is 0.571 bits per heavy atom. The second kappa shape index (κ2) is 32.3. The summed E-state index contributed by atoms with van der Waals surface area (Å²) in [6, 6.07) is 0. The van der Waals surface area contributed by atoms with E-state index in [1.54, 1.807) is 6.08 Å². The van der Waals surface area contributed by atoms with E-state index in [4.69, 9.17) is 9.47 Å². The van der Waals surface area contributed by atoms with Crippen molar-refractivity contribution in [3.8, 4) is 0 Å². The zero-order valence-electron chi connectivity index (χ0n) is 26.2. The fourth-order valence-corrected chi connectivity index (χ4v) is 3.58. The van der Waals surface area contributed by atoms with Crippen LogP contribution >= 0.6 is 0 Å². The molecule has 0 fully saturated rings. The van der Waals surface area contributed by atoms with Crippen molar-refractivity contribution < 1.29 is 24.2 Å². The van der Waals surface area contributed by atoms with Crippen LogP contribution in [0, 0.1) is 0 Å². The fraction of sp³-hybridized carbons (Fsp3) is 0.514. The first-order valence-electron chi connectivity index (χ1n) is 15.8. The van der Waals surface area contributed by atoms with Crippen LogP contribution in [-0.2, 0) is 19.1 Å². The fourth-order valence-electron chi connectivity index (χ4n) is 3.58. The van der Waals surface area contributed by atoms with Crippen LogP contribution in [0.4, 0.5) is 0 Å². The maximum Gasteiger partial charge on any atom is 0.310 e. The second-order valence-corrected chi connectivity index (χ2v) is 9.78. The molecule has 0 radical (unpaired) electrons. The minimum absolute atomic E-state index is 0.110. The van der Waals surface area contributed by atoms with Gasteiger partial charge in [-0.05, 0) is 70.6 Å². The molecule has 0 aromatic carbocycles. The van der Waals surface area contributed by atoms with Gasteiger partial charge in [0.15, 0.2) is 6.10 Å². The zero-order chi connectivity index (χ0) is 30.8. The predicted octanol–water partition coefficient (Wildman–Crippen LogP) is 9.38. The molecular weight excluding hydrogens is 524 g/mol. The molecule has 0 heterocycles. The molecule has 234 valence electrons. The number of aliphatic hydroxyl groups excluding tert-OH is 1. The first-order chi connectivity index (χ1) is 20.6. The van der Waals surface area contributed by atoms with Gasteiger partial charge in [0.1, 0.15) is 6.61 Å². The lowest BCUT2D eigenvalue weighted by Gasteiger charge is -2.15. The van der Waals surface area contributed by atoms with Crippen LogP contribution in [0.25, 0.3) is 0 Å². The summed E-state index contributed by atoms with van der Waals surface area (Å²) < 4.78 is 10.4. The summed E-state index contributed by atoms with van der Waals surface area (Å²) in [4.78, 5) is 24.0. The Labute approximate surface area is 256 Å². The minimum atomic E-state index is -0.842. The summed E-state index contributed by atoms with van der Waals surface area (Å²) >= 11 is 0. The number of rotatable bonds is 26. The largest absolute Gasteiger partial charge is 0.462 e. The van der Waals surface area contributed by atoms with Gasteiger partial charge >= 0.3 is 11.9 Å². The molecular formula is C37H56O5. The topological polar surface area (TPSA) is 72.8 Å². The summed E-state index contributed by atoms with van der Waals surface area (Å²) in [7, 11) is 0. The van der Waals surface area contributed by atoms with E-state index in [0.717, 1.165) is 77.0 Å². The summed E-state index contributed by atoms with van der Waals surface area (Å²) in [6.45, 7) is 3.75. The quantitative estimate of drug-likeness (QED) is 0.0627. The third-order valence-corrected chi connectivity index (χ3v) is 5.91. The summed E-state index contributed by atoms with van der Waals surface area (Å²) in [5, 5.41) is 9.47. The number of carbonyl (C=O) groups is 2. The van der Waals surface area contributed by atoms with Crippen molar-refractivity contribution in [3.63, 3.8) is 0 Å². The highest BCUT2D eigenvalue weighted by atomic mass is 16.6. The van der Waals surface area contributed by atoms with Crippen molar-refractivity contribution in [1.29, 1.82) is 0 Å². The average Bonchev–Trinajstić information content (AvgIpc) is 2.99. The SMILES string of the molecule is CC/C=C\C/C=C\C/C=C\C/C=C\C/C=C\CC(=O)OC(CO)COC(=O)CCCCC/C=C\C/C=C\C/C=C\CC. The van der Waals surface area contributed by atoms with Crippen molar-refractivity contribution >= 4 is 11.9 Å². The average molecular weight is 581 g/mol. The van der Waals surface area contributed by atoms with E-state index >= 15 is 0 Å². The van der Waals surface area contributed by atoms with Gasteiger partial charge in [-0.1, -0.05) is 117 Å². The standard InChI is InChI=1S/C37H56O5/c1-3-5-7-9-11-13-15-17-18-20-22-24-26-28-30-32-37(40)42-35(33-38)34-41-36(39)31-29-27-25-23-21-19-16-14-12-10-8-6-4-2/h5-8,11-14,17-19,21-22,24,28,30,35,38H,3-4,9-10,15-16,20,23,25-27,29,31-34H2,1-2H3/b7-5-,8-6-,13-11-,14-12-,18-17-,21-19-,24-22-,30-28-. The Balaban J connectivity index is 3.85. The summed E-state index contributed by atoms with van der Waals surface area (Å²) in [5.74, 6) is -0.788. The minimum Gasteiger partial charge on any atom is -0.462 e. The Morgan fingerprint density at radius 2 is 1.02 bits per heavy atom. The molecule has 0 saturated heterocycles. The molecule has 0 aromatic rings. The molecule has 5 heteroatoms. The molecule has 5 nitrogen and oxygen atoms in total. The number of carbonyl (C=O) groups excluding carboxylic acids is 2. The van der Waals surface area contributed by atoms with Gasteiger partial charge in [0.05, 0.1) is 13.0 Å². The molecule has 0 saturated carbocycles. The van der Waals surface area contributed by atoms with E-state index in [1.165, 1.54) is 0 Å². The van der Waals surface area contributed by atoms with Crippen molar-refractivity contribution in [1.82, 2.24) is 0 Å². The highest BCUT2D eigenvalue weighted by Crippen LogP contribution is 2.07. The van der Waals surface area contributed by atoms with Crippen molar-refractivity contribution in [2.75, 3.05) is 13.2 Å².